The van der Waals surface area contributed by atoms with Crippen LogP contribution in [0.2, 0.25) is 10.0 Å². The van der Waals surface area contributed by atoms with E-state index in [-0.39, 0.29) is 0 Å². The lowest BCUT2D eigenvalue weighted by atomic mass is 10.1. The van der Waals surface area contributed by atoms with Crippen LogP contribution >= 0.6 is 35.4 Å². The first kappa shape index (κ1) is 14.5. The first-order chi connectivity index (χ1) is 10.0. The van der Waals surface area contributed by atoms with Crippen molar-refractivity contribution in [2.75, 3.05) is 5.32 Å². The second-order valence-electron chi connectivity index (χ2n) is 4.91. The molecule has 0 aliphatic carbocycles. The van der Waals surface area contributed by atoms with E-state index in [1.807, 2.05) is 43.3 Å². The molecule has 0 aromatic heterocycles. The fraction of sp³-hybridized carbons (Fsp3) is 0.125. The number of nitrogens with zero attached hydrogens (tertiary/aromatic N) is 1. The zero-order valence-corrected chi connectivity index (χ0v) is 13.6. The maximum Gasteiger partial charge on any atom is 0.0883 e. The van der Waals surface area contributed by atoms with Gasteiger partial charge in [0.25, 0.3) is 0 Å². The summed E-state index contributed by atoms with van der Waals surface area (Å²) in [5, 5.41) is 4.63. The van der Waals surface area contributed by atoms with Crippen LogP contribution in [0.5, 0.6) is 0 Å². The Bertz CT molecular complexity index is 752. The van der Waals surface area contributed by atoms with E-state index >= 15 is 0 Å². The second kappa shape index (κ2) is 5.76. The van der Waals surface area contributed by atoms with E-state index in [0.29, 0.717) is 16.5 Å². The van der Waals surface area contributed by atoms with Gasteiger partial charge >= 0.3 is 0 Å². The summed E-state index contributed by atoms with van der Waals surface area (Å²) in [5.41, 5.74) is 4.60. The van der Waals surface area contributed by atoms with E-state index in [1.165, 1.54) is 0 Å². The summed E-state index contributed by atoms with van der Waals surface area (Å²) < 4.78 is 0. The van der Waals surface area contributed by atoms with E-state index in [0.717, 1.165) is 33.2 Å². The Morgan fingerprint density at radius 2 is 1.86 bits per heavy atom. The number of aliphatic imine (C=N–C) groups is 1. The molecular weight excluding hydrogens is 323 g/mol. The number of aryl methyl sites for hydroxylation is 1. The van der Waals surface area contributed by atoms with E-state index in [1.54, 1.807) is 0 Å². The van der Waals surface area contributed by atoms with Crippen LogP contribution in [0, 0.1) is 6.92 Å². The summed E-state index contributed by atoms with van der Waals surface area (Å²) in [6, 6.07) is 11.4. The fourth-order valence-corrected chi connectivity index (χ4v) is 2.73. The molecule has 21 heavy (non-hydrogen) atoms. The number of benzene rings is 2. The quantitative estimate of drug-likeness (QED) is 0.690. The third-order valence-corrected chi connectivity index (χ3v) is 4.22. The Labute approximate surface area is 138 Å². The lowest BCUT2D eigenvalue weighted by Crippen LogP contribution is -2.12. The first-order valence-electron chi connectivity index (χ1n) is 6.46. The van der Waals surface area contributed by atoms with Crippen molar-refractivity contribution in [3.8, 4) is 0 Å². The standard InChI is InChI=1S/C16H12Cl2N2S/c1-9-6-14-15(7-12(9)18)19-13(8-16(21)20-14)10-2-4-11(17)5-3-10/h2-7H,8H2,1H3,(H,20,21). The van der Waals surface area contributed by atoms with Crippen LogP contribution in [0.25, 0.3) is 0 Å². The molecule has 2 aromatic rings. The van der Waals surface area contributed by atoms with Gasteiger partial charge in [0.15, 0.2) is 0 Å². The minimum Gasteiger partial charge on any atom is -0.348 e. The van der Waals surface area contributed by atoms with Crippen molar-refractivity contribution in [3.63, 3.8) is 0 Å². The number of halogens is 2. The summed E-state index contributed by atoms with van der Waals surface area (Å²) in [5.74, 6) is 0. The highest BCUT2D eigenvalue weighted by molar-refractivity contribution is 7.80. The van der Waals surface area contributed by atoms with Crippen LogP contribution in [-0.4, -0.2) is 10.7 Å². The van der Waals surface area contributed by atoms with E-state index in [9.17, 15) is 0 Å². The average molecular weight is 335 g/mol. The first-order valence-corrected chi connectivity index (χ1v) is 7.63. The molecule has 106 valence electrons. The molecule has 1 N–H and O–H groups in total. The average Bonchev–Trinajstić information content (AvgIpc) is 2.59. The molecule has 0 spiro atoms. The van der Waals surface area contributed by atoms with Crippen LogP contribution < -0.4 is 5.32 Å². The van der Waals surface area contributed by atoms with Gasteiger partial charge in [0.1, 0.15) is 0 Å². The maximum absolute atomic E-state index is 6.20. The molecule has 3 rings (SSSR count). The molecule has 0 saturated heterocycles. The van der Waals surface area contributed by atoms with Crippen LogP contribution in [0.4, 0.5) is 11.4 Å². The van der Waals surface area contributed by atoms with Crippen molar-refractivity contribution in [2.24, 2.45) is 4.99 Å². The number of hydrogen-bond acceptors (Lipinski definition) is 2. The molecule has 0 bridgehead atoms. The van der Waals surface area contributed by atoms with Gasteiger partial charge in [-0.25, -0.2) is 0 Å². The Kier molecular flexibility index (Phi) is 3.98. The molecule has 1 aliphatic rings. The molecule has 0 fully saturated rings. The number of rotatable bonds is 1. The highest BCUT2D eigenvalue weighted by atomic mass is 35.5. The highest BCUT2D eigenvalue weighted by Gasteiger charge is 2.16. The van der Waals surface area contributed by atoms with Gasteiger partial charge in [-0.3, -0.25) is 4.99 Å². The summed E-state index contributed by atoms with van der Waals surface area (Å²) in [4.78, 5) is 5.47. The predicted molar refractivity (Wildman–Crippen MR) is 94.7 cm³/mol. The monoisotopic (exact) mass is 334 g/mol. The van der Waals surface area contributed by atoms with Gasteiger partial charge < -0.3 is 5.32 Å². The largest absolute Gasteiger partial charge is 0.348 e. The van der Waals surface area contributed by atoms with Gasteiger partial charge in [-0.2, -0.15) is 0 Å². The van der Waals surface area contributed by atoms with Crippen LogP contribution in [-0.2, 0) is 0 Å². The molecule has 1 heterocycles. The van der Waals surface area contributed by atoms with Gasteiger partial charge in [-0.15, -0.1) is 0 Å². The summed E-state index contributed by atoms with van der Waals surface area (Å²) in [7, 11) is 0. The van der Waals surface area contributed by atoms with Gasteiger partial charge in [0.05, 0.1) is 22.1 Å². The number of thiocarbonyl (C=S) groups is 1. The van der Waals surface area contributed by atoms with Gasteiger partial charge in [0, 0.05) is 16.5 Å². The summed E-state index contributed by atoms with van der Waals surface area (Å²) >= 11 is 17.5. The van der Waals surface area contributed by atoms with Crippen LogP contribution in [0.1, 0.15) is 17.5 Å². The molecule has 0 saturated carbocycles. The van der Waals surface area contributed by atoms with Gasteiger partial charge in [0.2, 0.25) is 0 Å². The van der Waals surface area contributed by atoms with Crippen molar-refractivity contribution >= 4 is 57.5 Å². The van der Waals surface area contributed by atoms with E-state index in [2.05, 4.69) is 5.32 Å². The molecule has 1 aliphatic heterocycles. The summed E-state index contributed by atoms with van der Waals surface area (Å²) in [6.07, 6.45) is 0.586. The molecule has 5 heteroatoms. The lowest BCUT2D eigenvalue weighted by molar-refractivity contribution is 1.42. The van der Waals surface area contributed by atoms with E-state index in [4.69, 9.17) is 40.4 Å². The molecule has 0 atom stereocenters. The van der Waals surface area contributed by atoms with Crippen molar-refractivity contribution in [1.82, 2.24) is 0 Å². The van der Waals surface area contributed by atoms with E-state index < -0.39 is 0 Å². The van der Waals surface area contributed by atoms with Gasteiger partial charge in [-0.05, 0) is 42.3 Å². The van der Waals surface area contributed by atoms with Crippen molar-refractivity contribution in [3.05, 3.63) is 57.6 Å². The highest BCUT2D eigenvalue weighted by Crippen LogP contribution is 2.34. The Balaban J connectivity index is 2.12. The minimum atomic E-state index is 0.586. The minimum absolute atomic E-state index is 0.586. The summed E-state index contributed by atoms with van der Waals surface area (Å²) in [6.45, 7) is 1.96. The van der Waals surface area contributed by atoms with Crippen molar-refractivity contribution in [1.29, 1.82) is 0 Å². The molecule has 0 radical (unpaired) electrons. The number of fused-ring (bicyclic) bond motifs is 1. The number of anilines is 1. The Morgan fingerprint density at radius 1 is 1.14 bits per heavy atom. The van der Waals surface area contributed by atoms with Crippen molar-refractivity contribution < 1.29 is 0 Å². The second-order valence-corrected chi connectivity index (χ2v) is 6.25. The molecule has 2 nitrogen and oxygen atoms in total. The molecule has 0 unspecified atom stereocenters. The fourth-order valence-electron chi connectivity index (χ4n) is 2.20. The molecular formula is C16H12Cl2N2S. The van der Waals surface area contributed by atoms with Crippen molar-refractivity contribution in [2.45, 2.75) is 13.3 Å². The predicted octanol–water partition coefficient (Wildman–Crippen LogP) is 5.57. The smallest absolute Gasteiger partial charge is 0.0883 e. The third-order valence-electron chi connectivity index (χ3n) is 3.31. The van der Waals surface area contributed by atoms with Gasteiger partial charge in [-0.1, -0.05) is 47.6 Å². The topological polar surface area (TPSA) is 24.4 Å². The van der Waals surface area contributed by atoms with Crippen LogP contribution in [0.15, 0.2) is 41.4 Å². The maximum atomic E-state index is 6.20. The Morgan fingerprint density at radius 3 is 2.57 bits per heavy atom. The zero-order valence-electron chi connectivity index (χ0n) is 11.3. The lowest BCUT2D eigenvalue weighted by Gasteiger charge is -2.08. The van der Waals surface area contributed by atoms with Crippen LogP contribution in [0.3, 0.4) is 0 Å². The molecule has 2 aromatic carbocycles. The molecule has 0 amide bonds. The zero-order chi connectivity index (χ0) is 15.0. The SMILES string of the molecule is Cc1cc2c(cc1Cl)N=C(c1ccc(Cl)cc1)CC(=S)N2. The number of hydrogen-bond donors (Lipinski definition) is 1. The number of nitrogens with one attached hydrogen (secondary N) is 1. The normalized spacial score (nSPS) is 14.0. The Hall–Kier alpha value is -1.42. The third kappa shape index (κ3) is 3.10.